The highest BCUT2D eigenvalue weighted by molar-refractivity contribution is 6.31. The highest BCUT2D eigenvalue weighted by atomic mass is 35.5. The lowest BCUT2D eigenvalue weighted by Crippen LogP contribution is -2.33. The van der Waals surface area contributed by atoms with Gasteiger partial charge in [0, 0.05) is 29.3 Å². The summed E-state index contributed by atoms with van der Waals surface area (Å²) in [4.78, 5) is 15.6. The molecule has 0 bridgehead atoms. The second-order valence-corrected chi connectivity index (χ2v) is 9.89. The van der Waals surface area contributed by atoms with Gasteiger partial charge in [-0.3, -0.25) is 4.79 Å². The molecular weight excluding hydrogens is 576 g/mol. The number of carbonyl (C=O) groups is 1. The van der Waals surface area contributed by atoms with E-state index in [9.17, 15) is 36.3 Å². The Balaban J connectivity index is 1.61. The van der Waals surface area contributed by atoms with E-state index in [4.69, 9.17) is 11.6 Å². The van der Waals surface area contributed by atoms with Crippen molar-refractivity contribution in [3.8, 4) is 11.3 Å². The van der Waals surface area contributed by atoms with Gasteiger partial charge in [-0.25, -0.2) is 4.68 Å². The van der Waals surface area contributed by atoms with E-state index >= 15 is 0 Å². The van der Waals surface area contributed by atoms with Crippen LogP contribution < -0.4 is 4.73 Å². The van der Waals surface area contributed by atoms with Gasteiger partial charge in [-0.2, -0.15) is 31.1 Å². The first kappa shape index (κ1) is 28.4. The van der Waals surface area contributed by atoms with E-state index in [0.29, 0.717) is 52.4 Å². The number of aromatic nitrogens is 4. The first-order chi connectivity index (χ1) is 19.3. The molecule has 1 aliphatic heterocycles. The standard InChI is InChI=1S/C27H20ClF6N5O2/c28-21-5-2-1-4-20(21)22-6-3-9-38(22)25(40)24-23(17-7-10-37(41)11-8-17)35-36-39(24)15-16-12-18(26(29,30)31)14-19(13-16)27(32,33)34/h1-2,4-5,7-8,10-14,22H,3,6,9,15H2. The second kappa shape index (κ2) is 10.7. The van der Waals surface area contributed by atoms with Gasteiger partial charge < -0.3 is 10.1 Å². The fourth-order valence-electron chi connectivity index (χ4n) is 4.90. The molecule has 0 N–H and O–H groups in total. The van der Waals surface area contributed by atoms with Crippen LogP contribution in [-0.4, -0.2) is 32.3 Å². The molecule has 3 heterocycles. The molecule has 2 aromatic carbocycles. The molecule has 1 aliphatic rings. The molecule has 1 amide bonds. The van der Waals surface area contributed by atoms with Crippen molar-refractivity contribution in [2.24, 2.45) is 0 Å². The zero-order valence-electron chi connectivity index (χ0n) is 21.0. The number of hydrogen-bond acceptors (Lipinski definition) is 4. The van der Waals surface area contributed by atoms with Gasteiger partial charge in [0.2, 0.25) is 0 Å². The van der Waals surface area contributed by atoms with Gasteiger partial charge in [-0.05, 0) is 48.2 Å². The summed E-state index contributed by atoms with van der Waals surface area (Å²) in [6, 6.07) is 10.5. The van der Waals surface area contributed by atoms with Crippen molar-refractivity contribution in [1.29, 1.82) is 0 Å². The minimum absolute atomic E-state index is 0.0171. The predicted octanol–water partition coefficient (Wildman–Crippen LogP) is 6.30. The molecule has 0 radical (unpaired) electrons. The molecule has 1 fully saturated rings. The Labute approximate surface area is 234 Å². The molecule has 1 unspecified atom stereocenters. The van der Waals surface area contributed by atoms with E-state index in [-0.39, 0.29) is 23.0 Å². The normalized spacial score (nSPS) is 15.9. The topological polar surface area (TPSA) is 78.0 Å². The minimum atomic E-state index is -5.04. The van der Waals surface area contributed by atoms with Crippen molar-refractivity contribution in [3.63, 3.8) is 0 Å². The number of pyridine rings is 1. The van der Waals surface area contributed by atoms with Crippen LogP contribution in [0.4, 0.5) is 26.3 Å². The molecule has 5 rings (SSSR count). The molecule has 4 aromatic rings. The number of hydrogen-bond donors (Lipinski definition) is 0. The van der Waals surface area contributed by atoms with E-state index in [2.05, 4.69) is 10.3 Å². The van der Waals surface area contributed by atoms with Gasteiger partial charge in [0.1, 0.15) is 5.69 Å². The summed E-state index contributed by atoms with van der Waals surface area (Å²) in [6.07, 6.45) is -6.56. The predicted molar refractivity (Wildman–Crippen MR) is 134 cm³/mol. The Morgan fingerprint density at radius 3 is 2.24 bits per heavy atom. The van der Waals surface area contributed by atoms with Gasteiger partial charge >= 0.3 is 12.4 Å². The number of amides is 1. The largest absolute Gasteiger partial charge is 0.619 e. The Morgan fingerprint density at radius 1 is 1.00 bits per heavy atom. The van der Waals surface area contributed by atoms with E-state index in [0.717, 1.165) is 17.1 Å². The maximum atomic E-state index is 14.1. The summed E-state index contributed by atoms with van der Waals surface area (Å²) < 4.78 is 82.4. The van der Waals surface area contributed by atoms with E-state index in [1.54, 1.807) is 24.3 Å². The highest BCUT2D eigenvalue weighted by Gasteiger charge is 2.38. The second-order valence-electron chi connectivity index (χ2n) is 9.48. The van der Waals surface area contributed by atoms with Crippen molar-refractivity contribution in [3.05, 3.63) is 105 Å². The SMILES string of the molecule is O=C(c1c(-c2cc[n+]([O-])cc2)nnn1Cc1cc(C(F)(F)F)cc(C(F)(F)F)c1)N1CCCC1c1ccccc1Cl. The van der Waals surface area contributed by atoms with E-state index < -0.39 is 42.0 Å². The first-order valence-corrected chi connectivity index (χ1v) is 12.7. The zero-order valence-corrected chi connectivity index (χ0v) is 21.7. The maximum absolute atomic E-state index is 14.1. The lowest BCUT2D eigenvalue weighted by molar-refractivity contribution is -0.605. The average Bonchev–Trinajstić information content (AvgIpc) is 3.56. The van der Waals surface area contributed by atoms with Crippen LogP contribution in [0.25, 0.3) is 11.3 Å². The fourth-order valence-corrected chi connectivity index (χ4v) is 5.16. The number of halogens is 7. The maximum Gasteiger partial charge on any atom is 0.416 e. The molecule has 14 heteroatoms. The van der Waals surface area contributed by atoms with E-state index in [1.807, 2.05) is 0 Å². The molecule has 2 aromatic heterocycles. The molecular formula is C27H20ClF6N5O2. The molecule has 1 saturated heterocycles. The monoisotopic (exact) mass is 595 g/mol. The van der Waals surface area contributed by atoms with Crippen molar-refractivity contribution < 1.29 is 35.9 Å². The van der Waals surface area contributed by atoms with Crippen LogP contribution in [0.2, 0.25) is 5.02 Å². The van der Waals surface area contributed by atoms with Crippen LogP contribution in [0.1, 0.15) is 51.6 Å². The molecule has 0 aliphatic carbocycles. The van der Waals surface area contributed by atoms with Crippen LogP contribution in [0, 0.1) is 5.21 Å². The lowest BCUT2D eigenvalue weighted by Gasteiger charge is -2.26. The van der Waals surface area contributed by atoms with Gasteiger partial charge in [-0.1, -0.05) is 35.0 Å². The number of benzene rings is 2. The van der Waals surface area contributed by atoms with Gasteiger partial charge in [0.25, 0.3) is 5.91 Å². The van der Waals surface area contributed by atoms with Crippen LogP contribution in [0.5, 0.6) is 0 Å². The quantitative estimate of drug-likeness (QED) is 0.154. The van der Waals surface area contributed by atoms with Crippen LogP contribution in [0.15, 0.2) is 67.0 Å². The van der Waals surface area contributed by atoms with Crippen LogP contribution in [0.3, 0.4) is 0 Å². The number of nitrogens with zero attached hydrogens (tertiary/aromatic N) is 5. The van der Waals surface area contributed by atoms with Gasteiger partial charge in [0.05, 0.1) is 23.7 Å². The summed E-state index contributed by atoms with van der Waals surface area (Å²) in [6.45, 7) is -0.295. The van der Waals surface area contributed by atoms with Crippen LogP contribution in [-0.2, 0) is 18.9 Å². The minimum Gasteiger partial charge on any atom is -0.619 e. The summed E-state index contributed by atoms with van der Waals surface area (Å²) in [5.74, 6) is -0.589. The molecule has 0 spiro atoms. The van der Waals surface area contributed by atoms with Crippen molar-refractivity contribution >= 4 is 17.5 Å². The molecule has 214 valence electrons. The Kier molecular flexibility index (Phi) is 7.41. The zero-order chi connectivity index (χ0) is 29.5. The Hall–Kier alpha value is -4.13. The molecule has 1 atom stereocenters. The Bertz CT molecular complexity index is 1550. The van der Waals surface area contributed by atoms with Gasteiger partial charge in [0.15, 0.2) is 18.1 Å². The number of carbonyl (C=O) groups excluding carboxylic acids is 1. The van der Waals surface area contributed by atoms with Gasteiger partial charge in [-0.15, -0.1) is 5.10 Å². The third-order valence-corrected chi connectivity index (χ3v) is 7.12. The molecule has 7 nitrogen and oxygen atoms in total. The number of alkyl halides is 6. The van der Waals surface area contributed by atoms with Crippen molar-refractivity contribution in [2.45, 2.75) is 37.8 Å². The van der Waals surface area contributed by atoms with Crippen LogP contribution >= 0.6 is 11.6 Å². The fraction of sp³-hybridized carbons (Fsp3) is 0.259. The van der Waals surface area contributed by atoms with E-state index in [1.165, 1.54) is 17.0 Å². The third kappa shape index (κ3) is 5.85. The van der Waals surface area contributed by atoms with Crippen molar-refractivity contribution in [1.82, 2.24) is 19.9 Å². The average molecular weight is 596 g/mol. The summed E-state index contributed by atoms with van der Waals surface area (Å²) in [5, 5.41) is 20.0. The third-order valence-electron chi connectivity index (χ3n) is 6.77. The summed E-state index contributed by atoms with van der Waals surface area (Å²) in [7, 11) is 0. The highest BCUT2D eigenvalue weighted by Crippen LogP contribution is 2.39. The first-order valence-electron chi connectivity index (χ1n) is 12.3. The van der Waals surface area contributed by atoms with Crippen molar-refractivity contribution in [2.75, 3.05) is 6.54 Å². The Morgan fingerprint density at radius 2 is 1.63 bits per heavy atom. The number of likely N-dealkylation sites (tertiary alicyclic amines) is 1. The molecule has 41 heavy (non-hydrogen) atoms. The summed E-state index contributed by atoms with van der Waals surface area (Å²) >= 11 is 6.40. The smallest absolute Gasteiger partial charge is 0.416 e. The number of rotatable bonds is 5. The molecule has 0 saturated carbocycles. The lowest BCUT2D eigenvalue weighted by atomic mass is 10.0. The summed E-state index contributed by atoms with van der Waals surface area (Å²) in [5.41, 5.74) is -2.50.